The molecule has 1 unspecified atom stereocenters. The smallest absolute Gasteiger partial charge is 0.255 e. The van der Waals surface area contributed by atoms with Gasteiger partial charge in [-0.15, -0.1) is 0 Å². The highest BCUT2D eigenvalue weighted by atomic mass is 127. The summed E-state index contributed by atoms with van der Waals surface area (Å²) in [5, 5.41) is 0. The maximum Gasteiger partial charge on any atom is 0.255 e. The van der Waals surface area contributed by atoms with Gasteiger partial charge < -0.3 is 4.90 Å². The molecule has 0 fully saturated rings. The predicted octanol–water partition coefficient (Wildman–Crippen LogP) is 3.66. The zero-order chi connectivity index (χ0) is 14.7. The standard InChI is InChI=1S/C15H14FIN2O/c1-10(11-4-3-7-18-9-11)19(2)15(20)13-8-12(16)5-6-14(13)17/h3-10H,1-2H3. The highest BCUT2D eigenvalue weighted by molar-refractivity contribution is 14.1. The van der Waals surface area contributed by atoms with E-state index >= 15 is 0 Å². The van der Waals surface area contributed by atoms with Gasteiger partial charge in [-0.2, -0.15) is 0 Å². The Balaban J connectivity index is 2.27. The van der Waals surface area contributed by atoms with E-state index in [0.29, 0.717) is 5.56 Å². The molecule has 2 rings (SSSR count). The van der Waals surface area contributed by atoms with E-state index in [4.69, 9.17) is 0 Å². The first-order chi connectivity index (χ1) is 9.50. The van der Waals surface area contributed by atoms with E-state index in [-0.39, 0.29) is 11.9 Å². The number of aromatic nitrogens is 1. The van der Waals surface area contributed by atoms with E-state index in [0.717, 1.165) is 9.13 Å². The molecule has 0 aliphatic carbocycles. The molecule has 20 heavy (non-hydrogen) atoms. The molecule has 0 aliphatic heterocycles. The number of pyridine rings is 1. The Morgan fingerprint density at radius 2 is 2.15 bits per heavy atom. The minimum absolute atomic E-state index is 0.129. The normalized spacial score (nSPS) is 12.0. The summed E-state index contributed by atoms with van der Waals surface area (Å²) >= 11 is 2.04. The Kier molecular flexibility index (Phi) is 4.69. The van der Waals surface area contributed by atoms with Crippen molar-refractivity contribution in [1.82, 2.24) is 9.88 Å². The number of benzene rings is 1. The summed E-state index contributed by atoms with van der Waals surface area (Å²) in [4.78, 5) is 18.1. The molecule has 0 saturated carbocycles. The first-order valence-corrected chi connectivity index (χ1v) is 7.20. The lowest BCUT2D eigenvalue weighted by Gasteiger charge is -2.25. The van der Waals surface area contributed by atoms with Crippen LogP contribution in [0.4, 0.5) is 4.39 Å². The van der Waals surface area contributed by atoms with Gasteiger partial charge in [0.1, 0.15) is 5.82 Å². The van der Waals surface area contributed by atoms with Crippen molar-refractivity contribution in [2.45, 2.75) is 13.0 Å². The summed E-state index contributed by atoms with van der Waals surface area (Å²) in [6, 6.07) is 7.84. The van der Waals surface area contributed by atoms with Crippen LogP contribution in [-0.4, -0.2) is 22.8 Å². The van der Waals surface area contributed by atoms with Gasteiger partial charge >= 0.3 is 0 Å². The van der Waals surface area contributed by atoms with E-state index in [2.05, 4.69) is 4.98 Å². The number of carbonyl (C=O) groups excluding carboxylic acids is 1. The third-order valence-electron chi connectivity index (χ3n) is 3.23. The molecular weight excluding hydrogens is 370 g/mol. The van der Waals surface area contributed by atoms with Gasteiger partial charge in [0.05, 0.1) is 11.6 Å². The zero-order valence-corrected chi connectivity index (χ0v) is 13.3. The van der Waals surface area contributed by atoms with Gasteiger partial charge in [0.25, 0.3) is 5.91 Å². The average Bonchev–Trinajstić information content (AvgIpc) is 2.48. The second-order valence-electron chi connectivity index (χ2n) is 4.50. The summed E-state index contributed by atoms with van der Waals surface area (Å²) < 4.78 is 14.0. The Hall–Kier alpha value is -1.50. The summed E-state index contributed by atoms with van der Waals surface area (Å²) in [5.74, 6) is -0.610. The Labute approximate surface area is 131 Å². The molecule has 0 radical (unpaired) electrons. The average molecular weight is 384 g/mol. The van der Waals surface area contributed by atoms with Crippen molar-refractivity contribution >= 4 is 28.5 Å². The van der Waals surface area contributed by atoms with Gasteiger partial charge in [-0.3, -0.25) is 9.78 Å². The molecule has 5 heteroatoms. The Bertz CT molecular complexity index is 619. The first kappa shape index (κ1) is 14.9. The monoisotopic (exact) mass is 384 g/mol. The Morgan fingerprint density at radius 3 is 2.80 bits per heavy atom. The number of nitrogens with zero attached hydrogens (tertiary/aromatic N) is 2. The van der Waals surface area contributed by atoms with Crippen LogP contribution in [0.1, 0.15) is 28.9 Å². The number of amides is 1. The molecule has 1 heterocycles. The molecule has 1 amide bonds. The molecule has 1 atom stereocenters. The van der Waals surface area contributed by atoms with Gasteiger partial charge in [0, 0.05) is 23.0 Å². The quantitative estimate of drug-likeness (QED) is 0.757. The largest absolute Gasteiger partial charge is 0.335 e. The third-order valence-corrected chi connectivity index (χ3v) is 4.17. The topological polar surface area (TPSA) is 33.2 Å². The maximum absolute atomic E-state index is 13.3. The lowest BCUT2D eigenvalue weighted by atomic mass is 10.1. The fraction of sp³-hybridized carbons (Fsp3) is 0.200. The highest BCUT2D eigenvalue weighted by Crippen LogP contribution is 2.22. The molecule has 0 spiro atoms. The Morgan fingerprint density at radius 1 is 1.40 bits per heavy atom. The fourth-order valence-corrected chi connectivity index (χ4v) is 2.44. The molecular formula is C15H14FIN2O. The second kappa shape index (κ2) is 6.30. The number of rotatable bonds is 3. The van der Waals surface area contributed by atoms with Crippen LogP contribution >= 0.6 is 22.6 Å². The number of carbonyl (C=O) groups is 1. The van der Waals surface area contributed by atoms with Gasteiger partial charge in [0.2, 0.25) is 0 Å². The summed E-state index contributed by atoms with van der Waals surface area (Å²) in [5.41, 5.74) is 1.32. The van der Waals surface area contributed by atoms with E-state index < -0.39 is 5.82 Å². The van der Waals surface area contributed by atoms with Crippen LogP contribution in [0.3, 0.4) is 0 Å². The SMILES string of the molecule is CC(c1cccnc1)N(C)C(=O)c1cc(F)ccc1I. The summed E-state index contributed by atoms with van der Waals surface area (Å²) in [7, 11) is 1.71. The highest BCUT2D eigenvalue weighted by Gasteiger charge is 2.21. The third kappa shape index (κ3) is 3.15. The minimum atomic E-state index is -0.406. The lowest BCUT2D eigenvalue weighted by molar-refractivity contribution is 0.0741. The van der Waals surface area contributed by atoms with Crippen molar-refractivity contribution < 1.29 is 9.18 Å². The zero-order valence-electron chi connectivity index (χ0n) is 11.2. The van der Waals surface area contributed by atoms with Crippen LogP contribution in [0.25, 0.3) is 0 Å². The van der Waals surface area contributed by atoms with Gasteiger partial charge in [-0.25, -0.2) is 4.39 Å². The molecule has 2 aromatic rings. The van der Waals surface area contributed by atoms with Crippen LogP contribution in [0.5, 0.6) is 0 Å². The molecule has 0 aliphatic rings. The molecule has 0 bridgehead atoms. The number of halogens is 2. The van der Waals surface area contributed by atoms with Crippen molar-refractivity contribution in [2.75, 3.05) is 7.05 Å². The van der Waals surface area contributed by atoms with Crippen molar-refractivity contribution in [2.24, 2.45) is 0 Å². The van der Waals surface area contributed by atoms with Crippen LogP contribution in [0, 0.1) is 9.39 Å². The molecule has 104 valence electrons. The van der Waals surface area contributed by atoms with Crippen molar-refractivity contribution in [1.29, 1.82) is 0 Å². The summed E-state index contributed by atoms with van der Waals surface area (Å²) in [6.07, 6.45) is 3.42. The lowest BCUT2D eigenvalue weighted by Crippen LogP contribution is -2.30. The van der Waals surface area contributed by atoms with E-state index in [1.807, 2.05) is 41.6 Å². The van der Waals surface area contributed by atoms with E-state index in [1.165, 1.54) is 12.1 Å². The molecule has 1 aromatic carbocycles. The molecule has 0 N–H and O–H groups in total. The molecule has 0 saturated heterocycles. The van der Waals surface area contributed by atoms with Crippen LogP contribution < -0.4 is 0 Å². The van der Waals surface area contributed by atoms with Crippen molar-refractivity contribution in [3.05, 3.63) is 63.2 Å². The van der Waals surface area contributed by atoms with E-state index in [9.17, 15) is 9.18 Å². The van der Waals surface area contributed by atoms with Crippen molar-refractivity contribution in [3.8, 4) is 0 Å². The predicted molar refractivity (Wildman–Crippen MR) is 83.9 cm³/mol. The first-order valence-electron chi connectivity index (χ1n) is 6.13. The molecule has 3 nitrogen and oxygen atoms in total. The van der Waals surface area contributed by atoms with E-state index in [1.54, 1.807) is 30.4 Å². The number of hydrogen-bond donors (Lipinski definition) is 0. The summed E-state index contributed by atoms with van der Waals surface area (Å²) in [6.45, 7) is 1.92. The van der Waals surface area contributed by atoms with Gasteiger partial charge in [0.15, 0.2) is 0 Å². The maximum atomic E-state index is 13.3. The number of hydrogen-bond acceptors (Lipinski definition) is 2. The van der Waals surface area contributed by atoms with Crippen LogP contribution in [-0.2, 0) is 0 Å². The van der Waals surface area contributed by atoms with Crippen LogP contribution in [0.2, 0.25) is 0 Å². The second-order valence-corrected chi connectivity index (χ2v) is 5.66. The van der Waals surface area contributed by atoms with Gasteiger partial charge in [-0.05, 0) is 59.3 Å². The van der Waals surface area contributed by atoms with Gasteiger partial charge in [-0.1, -0.05) is 6.07 Å². The van der Waals surface area contributed by atoms with Crippen LogP contribution in [0.15, 0.2) is 42.7 Å². The molecule has 1 aromatic heterocycles. The van der Waals surface area contributed by atoms with Crippen molar-refractivity contribution in [3.63, 3.8) is 0 Å². The fourth-order valence-electron chi connectivity index (χ4n) is 1.87. The minimum Gasteiger partial charge on any atom is -0.335 e.